The normalized spacial score (nSPS) is 18.3. The van der Waals surface area contributed by atoms with Gasteiger partial charge in [0.05, 0.1) is 11.8 Å². The molecular weight excluding hydrogens is 315 g/mol. The van der Waals surface area contributed by atoms with E-state index in [2.05, 4.69) is 10.2 Å². The van der Waals surface area contributed by atoms with Crippen molar-refractivity contribution in [3.8, 4) is 5.69 Å². The Morgan fingerprint density at radius 2 is 2.17 bits per heavy atom. The van der Waals surface area contributed by atoms with Gasteiger partial charge in [-0.3, -0.25) is 4.57 Å². The molecular formula is C16H21FN4OS. The van der Waals surface area contributed by atoms with Crippen molar-refractivity contribution < 1.29 is 9.13 Å². The van der Waals surface area contributed by atoms with Gasteiger partial charge >= 0.3 is 0 Å². The van der Waals surface area contributed by atoms with E-state index in [1.165, 1.54) is 12.5 Å². The highest BCUT2D eigenvalue weighted by Crippen LogP contribution is 2.26. The second kappa shape index (κ2) is 7.90. The van der Waals surface area contributed by atoms with Gasteiger partial charge in [-0.15, -0.1) is 10.2 Å². The Balaban J connectivity index is 1.83. The fourth-order valence-electron chi connectivity index (χ4n) is 2.67. The summed E-state index contributed by atoms with van der Waals surface area (Å²) in [6.07, 6.45) is 4.19. The van der Waals surface area contributed by atoms with Gasteiger partial charge in [0.25, 0.3) is 0 Å². The van der Waals surface area contributed by atoms with E-state index in [0.717, 1.165) is 25.2 Å². The van der Waals surface area contributed by atoms with Gasteiger partial charge in [0.15, 0.2) is 5.16 Å². The zero-order chi connectivity index (χ0) is 16.1. The highest BCUT2D eigenvalue weighted by Gasteiger charge is 2.19. The van der Waals surface area contributed by atoms with Gasteiger partial charge in [0.1, 0.15) is 11.6 Å². The quantitative estimate of drug-likeness (QED) is 0.821. The number of hydrogen-bond donors (Lipinski definition) is 1. The molecule has 2 aromatic rings. The molecule has 0 radical (unpaired) electrons. The molecule has 0 bridgehead atoms. The molecule has 1 aromatic heterocycles. The molecule has 1 aromatic carbocycles. The van der Waals surface area contributed by atoms with Crippen LogP contribution < -0.4 is 5.73 Å². The summed E-state index contributed by atoms with van der Waals surface area (Å²) in [5, 5.41) is 9.11. The number of nitrogens with zero attached hydrogens (tertiary/aromatic N) is 3. The lowest BCUT2D eigenvalue weighted by molar-refractivity contribution is 0.0315. The van der Waals surface area contributed by atoms with E-state index in [1.54, 1.807) is 28.5 Å². The predicted octanol–water partition coefficient (Wildman–Crippen LogP) is 2.57. The summed E-state index contributed by atoms with van der Waals surface area (Å²) in [4.78, 5) is 0. The molecule has 23 heavy (non-hydrogen) atoms. The van der Waals surface area contributed by atoms with Crippen molar-refractivity contribution in [1.29, 1.82) is 0 Å². The fraction of sp³-hybridized carbons (Fsp3) is 0.500. The van der Waals surface area contributed by atoms with E-state index < -0.39 is 0 Å². The lowest BCUT2D eigenvalue weighted by atomic mass is 10.1. The number of halogens is 1. The maximum absolute atomic E-state index is 14.2. The Hall–Kier alpha value is -1.44. The third-order valence-corrected chi connectivity index (χ3v) is 4.89. The first-order valence-corrected chi connectivity index (χ1v) is 8.92. The molecule has 1 unspecified atom stereocenters. The summed E-state index contributed by atoms with van der Waals surface area (Å²) in [5.41, 5.74) is 6.11. The number of nitrogens with two attached hydrogens (primary N) is 1. The highest BCUT2D eigenvalue weighted by atomic mass is 32.2. The first-order valence-electron chi connectivity index (χ1n) is 7.93. The lowest BCUT2D eigenvalue weighted by Crippen LogP contribution is -2.21. The Kier molecular flexibility index (Phi) is 5.64. The van der Waals surface area contributed by atoms with Crippen LogP contribution in [0.3, 0.4) is 0 Å². The molecule has 1 saturated heterocycles. The number of rotatable bonds is 6. The number of ether oxygens (including phenoxy) is 1. The Labute approximate surface area is 139 Å². The van der Waals surface area contributed by atoms with E-state index in [1.807, 2.05) is 6.07 Å². The van der Waals surface area contributed by atoms with Crippen LogP contribution >= 0.6 is 11.8 Å². The maximum atomic E-state index is 14.2. The largest absolute Gasteiger partial charge is 0.377 e. The molecule has 3 rings (SSSR count). The molecule has 2 heterocycles. The molecule has 0 saturated carbocycles. The van der Waals surface area contributed by atoms with Gasteiger partial charge in [0, 0.05) is 18.8 Å². The average molecular weight is 336 g/mol. The molecule has 1 aliphatic rings. The van der Waals surface area contributed by atoms with Crippen molar-refractivity contribution in [3.63, 3.8) is 0 Å². The smallest absolute Gasteiger partial charge is 0.196 e. The van der Waals surface area contributed by atoms with E-state index in [4.69, 9.17) is 10.5 Å². The topological polar surface area (TPSA) is 66.0 Å². The summed E-state index contributed by atoms with van der Waals surface area (Å²) >= 11 is 1.56. The third kappa shape index (κ3) is 3.91. The summed E-state index contributed by atoms with van der Waals surface area (Å²) in [5.74, 6) is 1.20. The standard InChI is InChI=1S/C16H21FN4OS/c17-13-6-1-2-7-14(13)21-15(8-9-18)19-20-16(21)23-11-12-5-3-4-10-22-12/h1-2,6-7,12H,3-5,8-11,18H2. The molecule has 1 aliphatic heterocycles. The summed E-state index contributed by atoms with van der Waals surface area (Å²) in [6, 6.07) is 6.66. The van der Waals surface area contributed by atoms with Gasteiger partial charge in [0.2, 0.25) is 0 Å². The minimum absolute atomic E-state index is 0.234. The highest BCUT2D eigenvalue weighted by molar-refractivity contribution is 7.99. The minimum atomic E-state index is -0.290. The Morgan fingerprint density at radius 3 is 2.91 bits per heavy atom. The molecule has 2 N–H and O–H groups in total. The second-order valence-electron chi connectivity index (χ2n) is 5.52. The van der Waals surface area contributed by atoms with Crippen LogP contribution in [-0.2, 0) is 11.2 Å². The van der Waals surface area contributed by atoms with Crippen LogP contribution in [0.15, 0.2) is 29.4 Å². The van der Waals surface area contributed by atoms with E-state index in [-0.39, 0.29) is 11.9 Å². The van der Waals surface area contributed by atoms with Crippen LogP contribution in [0.4, 0.5) is 4.39 Å². The first-order chi connectivity index (χ1) is 11.3. The van der Waals surface area contributed by atoms with Crippen molar-refractivity contribution in [1.82, 2.24) is 14.8 Å². The van der Waals surface area contributed by atoms with Crippen molar-refractivity contribution in [2.45, 2.75) is 36.9 Å². The number of hydrogen-bond acceptors (Lipinski definition) is 5. The van der Waals surface area contributed by atoms with Crippen LogP contribution in [-0.4, -0.2) is 39.8 Å². The molecule has 0 spiro atoms. The number of thioether (sulfide) groups is 1. The molecule has 1 fully saturated rings. The van der Waals surface area contributed by atoms with Gasteiger partial charge in [-0.1, -0.05) is 23.9 Å². The summed E-state index contributed by atoms with van der Waals surface area (Å²) < 4.78 is 21.7. The van der Waals surface area contributed by atoms with Gasteiger partial charge < -0.3 is 10.5 Å². The molecule has 0 amide bonds. The first kappa shape index (κ1) is 16.4. The Bertz CT molecular complexity index is 643. The van der Waals surface area contributed by atoms with Crippen molar-refractivity contribution in [2.75, 3.05) is 18.9 Å². The fourth-order valence-corrected chi connectivity index (χ4v) is 3.70. The van der Waals surface area contributed by atoms with E-state index in [0.29, 0.717) is 29.6 Å². The number of para-hydroxylation sites is 1. The molecule has 124 valence electrons. The van der Waals surface area contributed by atoms with Gasteiger partial charge in [-0.05, 0) is 37.9 Å². The molecule has 5 nitrogen and oxygen atoms in total. The second-order valence-corrected chi connectivity index (χ2v) is 6.51. The predicted molar refractivity (Wildman–Crippen MR) is 88.4 cm³/mol. The van der Waals surface area contributed by atoms with Crippen LogP contribution in [0.25, 0.3) is 5.69 Å². The number of benzene rings is 1. The van der Waals surface area contributed by atoms with Crippen LogP contribution in [0.5, 0.6) is 0 Å². The van der Waals surface area contributed by atoms with Crippen LogP contribution in [0.1, 0.15) is 25.1 Å². The van der Waals surface area contributed by atoms with Crippen LogP contribution in [0.2, 0.25) is 0 Å². The molecule has 7 heteroatoms. The third-order valence-electron chi connectivity index (χ3n) is 3.83. The van der Waals surface area contributed by atoms with Gasteiger partial charge in [-0.2, -0.15) is 0 Å². The zero-order valence-corrected chi connectivity index (χ0v) is 13.8. The Morgan fingerprint density at radius 1 is 1.30 bits per heavy atom. The SMILES string of the molecule is NCCc1nnc(SCC2CCCCO2)n1-c1ccccc1F. The summed E-state index contributed by atoms with van der Waals surface area (Å²) in [6.45, 7) is 1.27. The van der Waals surface area contributed by atoms with Gasteiger partial charge in [-0.25, -0.2) is 4.39 Å². The zero-order valence-electron chi connectivity index (χ0n) is 12.9. The van der Waals surface area contributed by atoms with Crippen molar-refractivity contribution in [3.05, 3.63) is 35.9 Å². The minimum Gasteiger partial charge on any atom is -0.377 e. The van der Waals surface area contributed by atoms with E-state index >= 15 is 0 Å². The van der Waals surface area contributed by atoms with Crippen molar-refractivity contribution >= 4 is 11.8 Å². The lowest BCUT2D eigenvalue weighted by Gasteiger charge is -2.22. The summed E-state index contributed by atoms with van der Waals surface area (Å²) in [7, 11) is 0. The monoisotopic (exact) mass is 336 g/mol. The molecule has 0 aliphatic carbocycles. The average Bonchev–Trinajstić information content (AvgIpc) is 2.97. The molecule has 1 atom stereocenters. The van der Waals surface area contributed by atoms with Crippen LogP contribution in [0, 0.1) is 5.82 Å². The number of aromatic nitrogens is 3. The maximum Gasteiger partial charge on any atom is 0.196 e. The van der Waals surface area contributed by atoms with E-state index in [9.17, 15) is 4.39 Å². The van der Waals surface area contributed by atoms with Crippen molar-refractivity contribution in [2.24, 2.45) is 5.73 Å².